The summed E-state index contributed by atoms with van der Waals surface area (Å²) in [6.45, 7) is 3.76. The number of halogens is 1. The molecule has 8 heteroatoms. The van der Waals surface area contributed by atoms with Gasteiger partial charge >= 0.3 is 0 Å². The van der Waals surface area contributed by atoms with Crippen LogP contribution in [0.4, 0.5) is 4.39 Å². The third-order valence-electron chi connectivity index (χ3n) is 4.42. The number of rotatable bonds is 6. The summed E-state index contributed by atoms with van der Waals surface area (Å²) in [7, 11) is 1.47. The van der Waals surface area contributed by atoms with Crippen molar-refractivity contribution in [1.29, 1.82) is 0 Å². The number of ether oxygens (including phenoxy) is 2. The molecule has 6 nitrogen and oxygen atoms in total. The van der Waals surface area contributed by atoms with Crippen LogP contribution in [0, 0.1) is 19.7 Å². The lowest BCUT2D eigenvalue weighted by atomic mass is 10.1. The minimum atomic E-state index is -0.544. The SMILES string of the molecule is COCc1c(C(=O)NNC(=O)COc2ccc(C)c(C)c2)sc2cccc(F)c12. The zero-order valence-corrected chi connectivity index (χ0v) is 17.1. The number of benzene rings is 2. The van der Waals surface area contributed by atoms with Crippen LogP contribution in [0.25, 0.3) is 10.1 Å². The highest BCUT2D eigenvalue weighted by atomic mass is 32.1. The second-order valence-electron chi connectivity index (χ2n) is 6.49. The first-order valence-electron chi connectivity index (χ1n) is 8.88. The maximum atomic E-state index is 14.2. The fourth-order valence-corrected chi connectivity index (χ4v) is 3.92. The van der Waals surface area contributed by atoms with E-state index in [0.717, 1.165) is 22.5 Å². The monoisotopic (exact) mass is 416 g/mol. The molecule has 0 saturated carbocycles. The molecule has 0 aliphatic heterocycles. The van der Waals surface area contributed by atoms with Gasteiger partial charge in [-0.2, -0.15) is 0 Å². The Balaban J connectivity index is 1.64. The number of carbonyl (C=O) groups is 2. The number of nitrogens with one attached hydrogen (secondary N) is 2. The molecule has 1 aromatic heterocycles. The highest BCUT2D eigenvalue weighted by Crippen LogP contribution is 2.33. The average Bonchev–Trinajstić information content (AvgIpc) is 3.07. The van der Waals surface area contributed by atoms with E-state index in [1.165, 1.54) is 13.2 Å². The molecular weight excluding hydrogens is 395 g/mol. The number of carbonyl (C=O) groups excluding carboxylic acids is 2. The first kappa shape index (κ1) is 20.8. The number of aryl methyl sites for hydroxylation is 2. The number of thiophene rings is 1. The molecule has 0 radical (unpaired) electrons. The quantitative estimate of drug-likeness (QED) is 0.602. The highest BCUT2D eigenvalue weighted by molar-refractivity contribution is 7.21. The number of hydrogen-bond donors (Lipinski definition) is 2. The summed E-state index contributed by atoms with van der Waals surface area (Å²) >= 11 is 1.14. The van der Waals surface area contributed by atoms with E-state index in [4.69, 9.17) is 9.47 Å². The van der Waals surface area contributed by atoms with Crippen LogP contribution >= 0.6 is 11.3 Å². The molecule has 2 aromatic carbocycles. The molecule has 0 aliphatic rings. The number of amides is 2. The van der Waals surface area contributed by atoms with E-state index in [1.54, 1.807) is 18.2 Å². The molecule has 0 spiro atoms. The lowest BCUT2D eigenvalue weighted by molar-refractivity contribution is -0.123. The minimum Gasteiger partial charge on any atom is -0.484 e. The van der Waals surface area contributed by atoms with Gasteiger partial charge < -0.3 is 9.47 Å². The van der Waals surface area contributed by atoms with Crippen LogP contribution in [0.5, 0.6) is 5.75 Å². The van der Waals surface area contributed by atoms with E-state index in [2.05, 4.69) is 10.9 Å². The van der Waals surface area contributed by atoms with Crippen LogP contribution in [-0.4, -0.2) is 25.5 Å². The number of hydrogen-bond acceptors (Lipinski definition) is 5. The van der Waals surface area contributed by atoms with Gasteiger partial charge in [-0.05, 0) is 49.2 Å². The van der Waals surface area contributed by atoms with Gasteiger partial charge in [0.1, 0.15) is 16.4 Å². The van der Waals surface area contributed by atoms with Gasteiger partial charge in [0.2, 0.25) is 0 Å². The normalized spacial score (nSPS) is 10.8. The molecule has 0 unspecified atom stereocenters. The van der Waals surface area contributed by atoms with Crippen molar-refractivity contribution in [1.82, 2.24) is 10.9 Å². The van der Waals surface area contributed by atoms with Gasteiger partial charge in [0.05, 0.1) is 6.61 Å². The number of methoxy groups -OCH3 is 1. The van der Waals surface area contributed by atoms with Crippen LogP contribution in [0.3, 0.4) is 0 Å². The average molecular weight is 416 g/mol. The Kier molecular flexibility index (Phi) is 6.46. The van der Waals surface area contributed by atoms with Crippen LogP contribution < -0.4 is 15.6 Å². The Labute approximate surface area is 171 Å². The summed E-state index contributed by atoms with van der Waals surface area (Å²) in [4.78, 5) is 24.8. The van der Waals surface area contributed by atoms with E-state index in [0.29, 0.717) is 21.4 Å². The maximum absolute atomic E-state index is 14.2. The Hall–Kier alpha value is -2.97. The van der Waals surface area contributed by atoms with Crippen molar-refractivity contribution in [2.24, 2.45) is 0 Å². The van der Waals surface area contributed by atoms with Crippen molar-refractivity contribution in [2.45, 2.75) is 20.5 Å². The zero-order valence-electron chi connectivity index (χ0n) is 16.3. The number of hydrazine groups is 1. The van der Waals surface area contributed by atoms with Gasteiger partial charge in [0.25, 0.3) is 11.8 Å². The summed E-state index contributed by atoms with van der Waals surface area (Å²) in [6, 6.07) is 10.2. The molecule has 152 valence electrons. The molecule has 0 bridgehead atoms. The van der Waals surface area contributed by atoms with Crippen molar-refractivity contribution >= 4 is 33.2 Å². The molecule has 0 fully saturated rings. The third-order valence-corrected chi connectivity index (χ3v) is 5.62. The molecule has 29 heavy (non-hydrogen) atoms. The zero-order chi connectivity index (χ0) is 21.0. The van der Waals surface area contributed by atoms with Gasteiger partial charge in [-0.25, -0.2) is 4.39 Å². The fourth-order valence-electron chi connectivity index (χ4n) is 2.80. The predicted octanol–water partition coefficient (Wildman–Crippen LogP) is 3.64. The lowest BCUT2D eigenvalue weighted by Crippen LogP contribution is -2.43. The molecule has 0 aliphatic carbocycles. The molecule has 2 amide bonds. The summed E-state index contributed by atoms with van der Waals surface area (Å²) in [5, 5.41) is 0.355. The van der Waals surface area contributed by atoms with Crippen molar-refractivity contribution < 1.29 is 23.5 Å². The van der Waals surface area contributed by atoms with Gasteiger partial charge in [-0.1, -0.05) is 12.1 Å². The molecule has 2 N–H and O–H groups in total. The first-order chi connectivity index (χ1) is 13.9. The number of fused-ring (bicyclic) bond motifs is 1. The van der Waals surface area contributed by atoms with Crippen LogP contribution in [0.15, 0.2) is 36.4 Å². The van der Waals surface area contributed by atoms with Crippen molar-refractivity contribution in [2.75, 3.05) is 13.7 Å². The van der Waals surface area contributed by atoms with E-state index < -0.39 is 17.6 Å². The molecule has 1 heterocycles. The topological polar surface area (TPSA) is 76.7 Å². The Morgan fingerprint density at radius 3 is 2.62 bits per heavy atom. The largest absolute Gasteiger partial charge is 0.484 e. The molecule has 3 aromatic rings. The second kappa shape index (κ2) is 9.02. The first-order valence-corrected chi connectivity index (χ1v) is 9.70. The van der Waals surface area contributed by atoms with Gasteiger partial charge in [0, 0.05) is 22.8 Å². The lowest BCUT2D eigenvalue weighted by Gasteiger charge is -2.10. The summed E-state index contributed by atoms with van der Waals surface area (Å²) in [6.07, 6.45) is 0. The van der Waals surface area contributed by atoms with Crippen molar-refractivity contribution in [3.63, 3.8) is 0 Å². The highest BCUT2D eigenvalue weighted by Gasteiger charge is 2.21. The Morgan fingerprint density at radius 1 is 1.10 bits per heavy atom. The Morgan fingerprint density at radius 2 is 1.90 bits per heavy atom. The van der Waals surface area contributed by atoms with Crippen molar-refractivity contribution in [3.05, 3.63) is 63.8 Å². The molecule has 3 rings (SSSR count). The standard InChI is InChI=1S/C21H21FN2O4S/c1-12-7-8-14(9-13(12)2)28-11-18(25)23-24-21(26)20-15(10-27-3)19-16(22)5-4-6-17(19)29-20/h4-9H,10-11H2,1-3H3,(H,23,25)(H,24,26). The minimum absolute atomic E-state index is 0.0769. The van der Waals surface area contributed by atoms with E-state index >= 15 is 0 Å². The van der Waals surface area contributed by atoms with E-state index in [1.807, 2.05) is 26.0 Å². The Bertz CT molecular complexity index is 1060. The van der Waals surface area contributed by atoms with Crippen LogP contribution in [0.2, 0.25) is 0 Å². The molecular formula is C21H21FN2O4S. The maximum Gasteiger partial charge on any atom is 0.280 e. The predicted molar refractivity (Wildman–Crippen MR) is 110 cm³/mol. The summed E-state index contributed by atoms with van der Waals surface area (Å²) in [5.74, 6) is -0.915. The molecule has 0 saturated heterocycles. The fraction of sp³-hybridized carbons (Fsp3) is 0.238. The van der Waals surface area contributed by atoms with Gasteiger partial charge in [-0.15, -0.1) is 11.3 Å². The summed E-state index contributed by atoms with van der Waals surface area (Å²) in [5.41, 5.74) is 7.29. The van der Waals surface area contributed by atoms with Gasteiger partial charge in [0.15, 0.2) is 6.61 Å². The molecule has 0 atom stereocenters. The third kappa shape index (κ3) is 4.72. The van der Waals surface area contributed by atoms with Crippen LogP contribution in [0.1, 0.15) is 26.4 Å². The second-order valence-corrected chi connectivity index (χ2v) is 7.54. The van der Waals surface area contributed by atoms with Crippen molar-refractivity contribution in [3.8, 4) is 5.75 Å². The van der Waals surface area contributed by atoms with E-state index in [9.17, 15) is 14.0 Å². The smallest absolute Gasteiger partial charge is 0.280 e. The van der Waals surface area contributed by atoms with E-state index in [-0.39, 0.29) is 18.1 Å². The summed E-state index contributed by atoms with van der Waals surface area (Å²) < 4.78 is 25.4. The van der Waals surface area contributed by atoms with Crippen LogP contribution in [-0.2, 0) is 16.1 Å². The van der Waals surface area contributed by atoms with Gasteiger partial charge in [-0.3, -0.25) is 20.4 Å².